The molecule has 32 heavy (non-hydrogen) atoms. The maximum absolute atomic E-state index is 12.9. The molecule has 0 aliphatic carbocycles. The number of pyridine rings is 1. The Morgan fingerprint density at radius 2 is 2.03 bits per heavy atom. The van der Waals surface area contributed by atoms with Crippen LogP contribution in [0.25, 0.3) is 0 Å². The van der Waals surface area contributed by atoms with Gasteiger partial charge in [-0.1, -0.05) is 6.07 Å². The largest absolute Gasteiger partial charge is 0.376 e. The molecule has 2 saturated heterocycles. The summed E-state index contributed by atoms with van der Waals surface area (Å²) in [5, 5.41) is 12.8. The lowest BCUT2D eigenvalue weighted by Gasteiger charge is -2.34. The van der Waals surface area contributed by atoms with Crippen molar-refractivity contribution in [2.24, 2.45) is 0 Å². The number of amides is 1. The number of carbonyl (C=O) groups excluding carboxylic acids is 1. The highest BCUT2D eigenvalue weighted by molar-refractivity contribution is 5.93. The van der Waals surface area contributed by atoms with Gasteiger partial charge in [-0.15, -0.1) is 0 Å². The molecule has 1 N–H and O–H groups in total. The van der Waals surface area contributed by atoms with Crippen molar-refractivity contribution < 1.29 is 9.53 Å². The molecule has 170 valence electrons. The van der Waals surface area contributed by atoms with Gasteiger partial charge in [0.1, 0.15) is 11.9 Å². The number of hydrogen-bond donors (Lipinski definition) is 1. The predicted octanol–water partition coefficient (Wildman–Crippen LogP) is 2.31. The number of nitrogens with one attached hydrogen (secondary N) is 1. The van der Waals surface area contributed by atoms with Crippen molar-refractivity contribution >= 4 is 11.7 Å². The van der Waals surface area contributed by atoms with Crippen LogP contribution in [0.4, 0.5) is 5.82 Å². The highest BCUT2D eigenvalue weighted by atomic mass is 16.5. The van der Waals surface area contributed by atoms with E-state index < -0.39 is 0 Å². The minimum Gasteiger partial charge on any atom is -0.376 e. The van der Waals surface area contributed by atoms with E-state index in [1.54, 1.807) is 0 Å². The van der Waals surface area contributed by atoms with Gasteiger partial charge in [0, 0.05) is 51.2 Å². The molecule has 1 atom stereocenters. The summed E-state index contributed by atoms with van der Waals surface area (Å²) in [6.07, 6.45) is 4.02. The van der Waals surface area contributed by atoms with Gasteiger partial charge in [-0.05, 0) is 44.4 Å². The third-order valence-corrected chi connectivity index (χ3v) is 6.55. The summed E-state index contributed by atoms with van der Waals surface area (Å²) in [5.41, 5.74) is 3.55. The second kappa shape index (κ2) is 10.3. The van der Waals surface area contributed by atoms with Gasteiger partial charge >= 0.3 is 0 Å². The molecule has 0 radical (unpaired) electrons. The summed E-state index contributed by atoms with van der Waals surface area (Å²) in [6, 6.07) is 8.27. The van der Waals surface area contributed by atoms with Gasteiger partial charge in [0.2, 0.25) is 5.91 Å². The van der Waals surface area contributed by atoms with E-state index in [1.807, 2.05) is 42.8 Å². The molecule has 8 heteroatoms. The quantitative estimate of drug-likeness (QED) is 0.717. The molecule has 4 rings (SSSR count). The monoisotopic (exact) mass is 436 g/mol. The third kappa shape index (κ3) is 5.18. The number of hydrogen-bond acceptors (Lipinski definition) is 6. The number of nitrogens with zero attached hydrogens (tertiary/aromatic N) is 5. The van der Waals surface area contributed by atoms with Gasteiger partial charge in [0.15, 0.2) is 0 Å². The first-order valence-electron chi connectivity index (χ1n) is 11.4. The Hall–Kier alpha value is -2.73. The summed E-state index contributed by atoms with van der Waals surface area (Å²) in [7, 11) is 0. The molecule has 0 spiro atoms. The standard InChI is InChI=1S/C24H32N6O2/c1-18-19(2)30(16-21-7-5-13-32-21)24(22(18)14-25)27-23(31)17-29-11-9-28(10-12-29)15-20-6-3-4-8-26-20/h3-4,6,8,21H,5,7,9-13,15-17H2,1-2H3,(H,27,31)/t21-/m1/s1. The van der Waals surface area contributed by atoms with E-state index in [4.69, 9.17) is 4.74 Å². The summed E-state index contributed by atoms with van der Waals surface area (Å²) in [5.74, 6) is 0.530. The zero-order valence-electron chi connectivity index (χ0n) is 19.0. The molecule has 8 nitrogen and oxygen atoms in total. The van der Waals surface area contributed by atoms with Crippen LogP contribution >= 0.6 is 0 Å². The Morgan fingerprint density at radius 3 is 2.69 bits per heavy atom. The lowest BCUT2D eigenvalue weighted by molar-refractivity contribution is -0.117. The lowest BCUT2D eigenvalue weighted by Crippen LogP contribution is -2.48. The number of rotatable bonds is 7. The fraction of sp³-hybridized carbons (Fsp3) is 0.542. The molecule has 0 unspecified atom stereocenters. The van der Waals surface area contributed by atoms with E-state index in [0.29, 0.717) is 24.5 Å². The van der Waals surface area contributed by atoms with Crippen LogP contribution in [-0.2, 0) is 22.6 Å². The van der Waals surface area contributed by atoms with E-state index in [9.17, 15) is 10.1 Å². The van der Waals surface area contributed by atoms with Crippen LogP contribution in [-0.4, -0.2) is 70.7 Å². The van der Waals surface area contributed by atoms with Crippen molar-refractivity contribution in [1.29, 1.82) is 5.26 Å². The minimum atomic E-state index is -0.0780. The second-order valence-electron chi connectivity index (χ2n) is 8.71. The summed E-state index contributed by atoms with van der Waals surface area (Å²) in [6.45, 7) is 10.0. The van der Waals surface area contributed by atoms with Gasteiger partial charge in [0.05, 0.1) is 30.5 Å². The maximum atomic E-state index is 12.9. The zero-order valence-corrected chi connectivity index (χ0v) is 19.0. The molecular weight excluding hydrogens is 404 g/mol. The topological polar surface area (TPSA) is 86.4 Å². The Morgan fingerprint density at radius 1 is 1.25 bits per heavy atom. The molecule has 2 aliphatic rings. The van der Waals surface area contributed by atoms with Crippen molar-refractivity contribution in [3.63, 3.8) is 0 Å². The van der Waals surface area contributed by atoms with Crippen molar-refractivity contribution in [2.45, 2.75) is 45.9 Å². The van der Waals surface area contributed by atoms with Crippen molar-refractivity contribution in [3.05, 3.63) is 46.9 Å². The SMILES string of the molecule is Cc1c(C#N)c(NC(=O)CN2CCN(Cc3ccccn3)CC2)n(C[C@H]2CCCO2)c1C. The van der Waals surface area contributed by atoms with Crippen LogP contribution in [0.3, 0.4) is 0 Å². The molecule has 2 aromatic heterocycles. The highest BCUT2D eigenvalue weighted by Crippen LogP contribution is 2.28. The van der Waals surface area contributed by atoms with Gasteiger partial charge in [0.25, 0.3) is 0 Å². The molecule has 0 aromatic carbocycles. The zero-order chi connectivity index (χ0) is 22.5. The number of aromatic nitrogens is 2. The fourth-order valence-corrected chi connectivity index (χ4v) is 4.55. The van der Waals surface area contributed by atoms with E-state index >= 15 is 0 Å². The second-order valence-corrected chi connectivity index (χ2v) is 8.71. The summed E-state index contributed by atoms with van der Waals surface area (Å²) in [4.78, 5) is 21.8. The third-order valence-electron chi connectivity index (χ3n) is 6.55. The number of ether oxygens (including phenoxy) is 1. The summed E-state index contributed by atoms with van der Waals surface area (Å²) < 4.78 is 7.84. The van der Waals surface area contributed by atoms with Crippen LogP contribution < -0.4 is 5.32 Å². The van der Waals surface area contributed by atoms with Crippen molar-refractivity contribution in [2.75, 3.05) is 44.6 Å². The normalized spacial score (nSPS) is 19.7. The van der Waals surface area contributed by atoms with Crippen LogP contribution in [0, 0.1) is 25.2 Å². The predicted molar refractivity (Wildman–Crippen MR) is 122 cm³/mol. The van der Waals surface area contributed by atoms with E-state index in [0.717, 1.165) is 69.1 Å². The Labute approximate surface area is 189 Å². The maximum Gasteiger partial charge on any atom is 0.239 e. The minimum absolute atomic E-state index is 0.0780. The molecule has 1 amide bonds. The van der Waals surface area contributed by atoms with Crippen molar-refractivity contribution in [3.8, 4) is 6.07 Å². The van der Waals surface area contributed by atoms with Gasteiger partial charge in [-0.25, -0.2) is 0 Å². The molecule has 2 fully saturated rings. The van der Waals surface area contributed by atoms with E-state index in [-0.39, 0.29) is 12.0 Å². The van der Waals surface area contributed by atoms with Gasteiger partial charge < -0.3 is 14.6 Å². The number of nitriles is 1. The molecule has 2 aromatic rings. The molecule has 0 saturated carbocycles. The molecule has 0 bridgehead atoms. The molecular formula is C24H32N6O2. The van der Waals surface area contributed by atoms with E-state index in [2.05, 4.69) is 26.2 Å². The first-order chi connectivity index (χ1) is 15.5. The molecule has 4 heterocycles. The van der Waals surface area contributed by atoms with Gasteiger partial charge in [-0.3, -0.25) is 19.6 Å². The van der Waals surface area contributed by atoms with Gasteiger partial charge in [-0.2, -0.15) is 5.26 Å². The lowest BCUT2D eigenvalue weighted by atomic mass is 10.2. The first kappa shape index (κ1) is 22.5. The van der Waals surface area contributed by atoms with Crippen LogP contribution in [0.2, 0.25) is 0 Å². The molecule has 2 aliphatic heterocycles. The van der Waals surface area contributed by atoms with Crippen LogP contribution in [0.15, 0.2) is 24.4 Å². The first-order valence-corrected chi connectivity index (χ1v) is 11.4. The van der Waals surface area contributed by atoms with E-state index in [1.165, 1.54) is 0 Å². The number of piperazine rings is 1. The average molecular weight is 437 g/mol. The number of carbonyl (C=O) groups is 1. The number of anilines is 1. The average Bonchev–Trinajstić information content (AvgIpc) is 3.39. The van der Waals surface area contributed by atoms with Crippen molar-refractivity contribution in [1.82, 2.24) is 19.4 Å². The Bertz CT molecular complexity index is 967. The highest BCUT2D eigenvalue weighted by Gasteiger charge is 2.25. The summed E-state index contributed by atoms with van der Waals surface area (Å²) >= 11 is 0. The fourth-order valence-electron chi connectivity index (χ4n) is 4.55. The van der Waals surface area contributed by atoms with Crippen LogP contribution in [0.5, 0.6) is 0 Å². The Kier molecular flexibility index (Phi) is 7.20. The smallest absolute Gasteiger partial charge is 0.239 e. The van der Waals surface area contributed by atoms with Crippen LogP contribution in [0.1, 0.15) is 35.4 Å². The Balaban J connectivity index is 1.35.